The zero-order valence-electron chi connectivity index (χ0n) is 11.2. The van der Waals surface area contributed by atoms with Gasteiger partial charge in [0.05, 0.1) is 6.20 Å². The summed E-state index contributed by atoms with van der Waals surface area (Å²) in [6.45, 7) is 1.48. The van der Waals surface area contributed by atoms with Gasteiger partial charge in [-0.3, -0.25) is 9.89 Å². The van der Waals surface area contributed by atoms with Crippen molar-refractivity contribution in [1.82, 2.24) is 20.4 Å². The highest BCUT2D eigenvalue weighted by Crippen LogP contribution is 2.17. The number of carbonyl (C=O) groups is 1. The number of nitrogens with one attached hydrogen (secondary N) is 2. The third-order valence-corrected chi connectivity index (χ3v) is 2.82. The summed E-state index contributed by atoms with van der Waals surface area (Å²) in [5, 5.41) is 9.56. The summed E-state index contributed by atoms with van der Waals surface area (Å²) in [5.74, 6) is -0.0411. The fraction of sp³-hybridized carbons (Fsp3) is 0.286. The Bertz CT molecular complexity index is 517. The fourth-order valence-electron chi connectivity index (χ4n) is 1.72. The van der Waals surface area contributed by atoms with Gasteiger partial charge in [-0.1, -0.05) is 12.1 Å². The molecule has 0 aliphatic heterocycles. The minimum Gasteiger partial charge on any atom is -0.351 e. The Hall–Kier alpha value is -2.14. The number of benzene rings is 1. The van der Waals surface area contributed by atoms with Gasteiger partial charge in [0.15, 0.2) is 0 Å². The first-order valence-corrected chi connectivity index (χ1v) is 6.19. The quantitative estimate of drug-likeness (QED) is 0.851. The molecule has 2 rings (SSSR count). The molecular weight excluding hydrogens is 240 g/mol. The molecule has 0 aliphatic carbocycles. The zero-order chi connectivity index (χ0) is 13.7. The molecular formula is C14H18N4O. The van der Waals surface area contributed by atoms with E-state index < -0.39 is 0 Å². The summed E-state index contributed by atoms with van der Waals surface area (Å²) in [7, 11) is 3.96. The Morgan fingerprint density at radius 2 is 2.00 bits per heavy atom. The Labute approximate surface area is 112 Å². The number of nitrogens with zero attached hydrogens (tertiary/aromatic N) is 2. The van der Waals surface area contributed by atoms with E-state index in [1.54, 1.807) is 6.20 Å². The first kappa shape index (κ1) is 13.3. The molecule has 0 unspecified atom stereocenters. The molecule has 1 heterocycles. The van der Waals surface area contributed by atoms with Crippen molar-refractivity contribution in [2.24, 2.45) is 0 Å². The van der Waals surface area contributed by atoms with Crippen LogP contribution in [0, 0.1) is 0 Å². The lowest BCUT2D eigenvalue weighted by atomic mass is 10.1. The van der Waals surface area contributed by atoms with E-state index in [0.717, 1.165) is 17.7 Å². The summed E-state index contributed by atoms with van der Waals surface area (Å²) in [6, 6.07) is 7.50. The van der Waals surface area contributed by atoms with E-state index in [0.29, 0.717) is 12.1 Å². The number of hydrogen-bond donors (Lipinski definition) is 2. The third-order valence-electron chi connectivity index (χ3n) is 2.82. The number of likely N-dealkylation sites (N-methyl/N-ethyl adjacent to an activating group) is 1. The first-order valence-electron chi connectivity index (χ1n) is 6.19. The number of carbonyl (C=O) groups excluding carboxylic acids is 1. The minimum atomic E-state index is -0.0411. The molecule has 0 fully saturated rings. The number of hydrogen-bond acceptors (Lipinski definition) is 3. The molecule has 0 radical (unpaired) electrons. The molecule has 0 saturated heterocycles. The Morgan fingerprint density at radius 3 is 2.58 bits per heavy atom. The maximum Gasteiger partial charge on any atom is 0.251 e. The van der Waals surface area contributed by atoms with Crippen LogP contribution in [0.3, 0.4) is 0 Å². The van der Waals surface area contributed by atoms with Crippen molar-refractivity contribution in [3.8, 4) is 11.1 Å². The molecule has 0 saturated carbocycles. The van der Waals surface area contributed by atoms with E-state index in [-0.39, 0.29) is 5.91 Å². The van der Waals surface area contributed by atoms with Crippen molar-refractivity contribution in [3.63, 3.8) is 0 Å². The molecule has 2 aromatic rings. The molecule has 0 bridgehead atoms. The maximum atomic E-state index is 11.9. The Morgan fingerprint density at radius 1 is 1.26 bits per heavy atom. The predicted octanol–water partition coefficient (Wildman–Crippen LogP) is 1.37. The predicted molar refractivity (Wildman–Crippen MR) is 74.9 cm³/mol. The van der Waals surface area contributed by atoms with Crippen LogP contribution in [0.5, 0.6) is 0 Å². The summed E-state index contributed by atoms with van der Waals surface area (Å²) < 4.78 is 0. The topological polar surface area (TPSA) is 61.0 Å². The normalized spacial score (nSPS) is 10.7. The summed E-state index contributed by atoms with van der Waals surface area (Å²) in [4.78, 5) is 13.9. The van der Waals surface area contributed by atoms with E-state index in [9.17, 15) is 4.79 Å². The first-order chi connectivity index (χ1) is 9.16. The standard InChI is InChI=1S/C14H18N4O/c1-18(2)8-7-15-14(19)12-5-3-11(4-6-12)13-9-16-17-10-13/h3-6,9-10H,7-8H2,1-2H3,(H,15,19)(H,16,17). The number of amides is 1. The van der Waals surface area contributed by atoms with Gasteiger partial charge in [-0.05, 0) is 31.8 Å². The largest absolute Gasteiger partial charge is 0.351 e. The molecule has 5 heteroatoms. The van der Waals surface area contributed by atoms with Crippen molar-refractivity contribution in [1.29, 1.82) is 0 Å². The maximum absolute atomic E-state index is 11.9. The van der Waals surface area contributed by atoms with Gasteiger partial charge in [0.1, 0.15) is 0 Å². The van der Waals surface area contributed by atoms with Crippen molar-refractivity contribution in [2.45, 2.75) is 0 Å². The van der Waals surface area contributed by atoms with Crippen LogP contribution in [0.1, 0.15) is 10.4 Å². The Balaban J connectivity index is 1.96. The monoisotopic (exact) mass is 258 g/mol. The SMILES string of the molecule is CN(C)CCNC(=O)c1ccc(-c2cn[nH]c2)cc1. The highest BCUT2D eigenvalue weighted by atomic mass is 16.1. The van der Waals surface area contributed by atoms with Gasteiger partial charge in [0.2, 0.25) is 0 Å². The van der Waals surface area contributed by atoms with Crippen LogP contribution in [0.15, 0.2) is 36.7 Å². The van der Waals surface area contributed by atoms with Crippen molar-refractivity contribution >= 4 is 5.91 Å². The van der Waals surface area contributed by atoms with Gasteiger partial charge in [0, 0.05) is 30.4 Å². The van der Waals surface area contributed by atoms with E-state index >= 15 is 0 Å². The second-order valence-corrected chi connectivity index (χ2v) is 4.62. The lowest BCUT2D eigenvalue weighted by Crippen LogP contribution is -2.31. The summed E-state index contributed by atoms with van der Waals surface area (Å²) in [5.41, 5.74) is 2.73. The van der Waals surface area contributed by atoms with Crippen LogP contribution < -0.4 is 5.32 Å². The van der Waals surface area contributed by atoms with Crippen LogP contribution >= 0.6 is 0 Å². The second-order valence-electron chi connectivity index (χ2n) is 4.62. The minimum absolute atomic E-state index is 0.0411. The molecule has 1 amide bonds. The molecule has 1 aromatic carbocycles. The van der Waals surface area contributed by atoms with Gasteiger partial charge in [-0.2, -0.15) is 5.10 Å². The number of aromatic nitrogens is 2. The van der Waals surface area contributed by atoms with Crippen LogP contribution in [-0.4, -0.2) is 48.2 Å². The smallest absolute Gasteiger partial charge is 0.251 e. The number of rotatable bonds is 5. The van der Waals surface area contributed by atoms with Crippen molar-refractivity contribution in [2.75, 3.05) is 27.2 Å². The van der Waals surface area contributed by atoms with Crippen LogP contribution in [0.25, 0.3) is 11.1 Å². The Kier molecular flexibility index (Phi) is 4.30. The molecule has 0 spiro atoms. The molecule has 19 heavy (non-hydrogen) atoms. The van der Waals surface area contributed by atoms with Gasteiger partial charge in [0.25, 0.3) is 5.91 Å². The van der Waals surface area contributed by atoms with Gasteiger partial charge in [-0.15, -0.1) is 0 Å². The second kappa shape index (κ2) is 6.15. The fourth-order valence-corrected chi connectivity index (χ4v) is 1.72. The lowest BCUT2D eigenvalue weighted by molar-refractivity contribution is 0.0951. The zero-order valence-corrected chi connectivity index (χ0v) is 11.2. The van der Waals surface area contributed by atoms with Crippen LogP contribution in [-0.2, 0) is 0 Å². The van der Waals surface area contributed by atoms with Gasteiger partial charge in [-0.25, -0.2) is 0 Å². The molecule has 5 nitrogen and oxygen atoms in total. The van der Waals surface area contributed by atoms with Crippen molar-refractivity contribution in [3.05, 3.63) is 42.2 Å². The van der Waals surface area contributed by atoms with E-state index in [2.05, 4.69) is 15.5 Å². The molecule has 1 aromatic heterocycles. The average molecular weight is 258 g/mol. The van der Waals surface area contributed by atoms with Crippen LogP contribution in [0.4, 0.5) is 0 Å². The molecule has 0 aliphatic rings. The van der Waals surface area contributed by atoms with Gasteiger partial charge < -0.3 is 10.2 Å². The third kappa shape index (κ3) is 3.66. The van der Waals surface area contributed by atoms with Crippen LogP contribution in [0.2, 0.25) is 0 Å². The highest BCUT2D eigenvalue weighted by molar-refractivity contribution is 5.94. The van der Waals surface area contributed by atoms with Gasteiger partial charge >= 0.3 is 0 Å². The van der Waals surface area contributed by atoms with E-state index in [1.165, 1.54) is 0 Å². The van der Waals surface area contributed by atoms with Crippen molar-refractivity contribution < 1.29 is 4.79 Å². The summed E-state index contributed by atoms with van der Waals surface area (Å²) in [6.07, 6.45) is 3.58. The molecule has 0 atom stereocenters. The highest BCUT2D eigenvalue weighted by Gasteiger charge is 2.05. The summed E-state index contributed by atoms with van der Waals surface area (Å²) >= 11 is 0. The molecule has 2 N–H and O–H groups in total. The average Bonchev–Trinajstić information content (AvgIpc) is 2.92. The van der Waals surface area contributed by atoms with E-state index in [1.807, 2.05) is 49.5 Å². The number of H-pyrrole nitrogens is 1. The molecule has 100 valence electrons. The van der Waals surface area contributed by atoms with E-state index in [4.69, 9.17) is 0 Å². The lowest BCUT2D eigenvalue weighted by Gasteiger charge is -2.10. The number of aromatic amines is 1.